The molecule has 0 amide bonds. The van der Waals surface area contributed by atoms with Crippen LogP contribution in [-0.2, 0) is 6.54 Å². The van der Waals surface area contributed by atoms with Gasteiger partial charge < -0.3 is 10.4 Å². The van der Waals surface area contributed by atoms with E-state index in [1.54, 1.807) is 0 Å². The normalized spacial score (nSPS) is 24.2. The molecule has 2 rings (SSSR count). The van der Waals surface area contributed by atoms with Crippen LogP contribution in [-0.4, -0.2) is 17.8 Å². The number of halogens is 2. The maximum atomic E-state index is 9.44. The van der Waals surface area contributed by atoms with Gasteiger partial charge >= 0.3 is 0 Å². The molecule has 2 N–H and O–H groups in total. The molecule has 1 aliphatic rings. The van der Waals surface area contributed by atoms with Crippen LogP contribution in [0.5, 0.6) is 0 Å². The summed E-state index contributed by atoms with van der Waals surface area (Å²) < 4.78 is 1.05. The Morgan fingerprint density at radius 1 is 1.41 bits per heavy atom. The van der Waals surface area contributed by atoms with Crippen molar-refractivity contribution in [3.63, 3.8) is 0 Å². The maximum absolute atomic E-state index is 9.44. The molecule has 0 radical (unpaired) electrons. The molecule has 0 spiro atoms. The Kier molecular flexibility index (Phi) is 4.86. The second-order valence-corrected chi connectivity index (χ2v) is 5.99. The van der Waals surface area contributed by atoms with E-state index in [-0.39, 0.29) is 6.10 Å². The Morgan fingerprint density at radius 2 is 2.24 bits per heavy atom. The molecular formula is C13H17BrClNO. The van der Waals surface area contributed by atoms with Crippen molar-refractivity contribution in [1.29, 1.82) is 0 Å². The molecule has 0 bridgehead atoms. The summed E-state index contributed by atoms with van der Waals surface area (Å²) in [5, 5.41) is 13.6. The van der Waals surface area contributed by atoms with E-state index in [4.69, 9.17) is 11.6 Å². The van der Waals surface area contributed by atoms with Gasteiger partial charge in [0.05, 0.1) is 6.10 Å². The Bertz CT molecular complexity index is 386. The fourth-order valence-corrected chi connectivity index (χ4v) is 3.13. The second kappa shape index (κ2) is 6.19. The molecule has 17 heavy (non-hydrogen) atoms. The molecule has 1 saturated carbocycles. The minimum absolute atomic E-state index is 0.0796. The van der Waals surface area contributed by atoms with Crippen molar-refractivity contribution in [3.8, 4) is 0 Å². The van der Waals surface area contributed by atoms with Gasteiger partial charge in [0.15, 0.2) is 0 Å². The maximum Gasteiger partial charge on any atom is 0.0543 e. The summed E-state index contributed by atoms with van der Waals surface area (Å²) in [6, 6.07) is 5.85. The van der Waals surface area contributed by atoms with Crippen molar-refractivity contribution in [2.24, 2.45) is 5.92 Å². The Hall–Kier alpha value is -0.0900. The molecule has 1 fully saturated rings. The first-order chi connectivity index (χ1) is 8.15. The van der Waals surface area contributed by atoms with Gasteiger partial charge in [-0.05, 0) is 49.4 Å². The molecular weight excluding hydrogens is 302 g/mol. The highest BCUT2D eigenvalue weighted by Crippen LogP contribution is 2.25. The molecule has 2 nitrogen and oxygen atoms in total. The molecule has 1 aromatic rings. The van der Waals surface area contributed by atoms with Crippen LogP contribution < -0.4 is 5.32 Å². The summed E-state index contributed by atoms with van der Waals surface area (Å²) in [6.45, 7) is 1.82. The number of nitrogens with one attached hydrogen (secondary N) is 1. The highest BCUT2D eigenvalue weighted by molar-refractivity contribution is 9.10. The Morgan fingerprint density at radius 3 is 2.88 bits per heavy atom. The number of rotatable bonds is 4. The largest absolute Gasteiger partial charge is 0.393 e. The van der Waals surface area contributed by atoms with E-state index >= 15 is 0 Å². The summed E-state index contributed by atoms with van der Waals surface area (Å²) in [5.41, 5.74) is 1.22. The van der Waals surface area contributed by atoms with Crippen LogP contribution in [0.1, 0.15) is 24.8 Å². The quantitative estimate of drug-likeness (QED) is 0.892. The number of aliphatic hydroxyl groups excluding tert-OH is 1. The molecule has 0 aromatic heterocycles. The topological polar surface area (TPSA) is 32.3 Å². The minimum atomic E-state index is -0.0796. The van der Waals surface area contributed by atoms with E-state index in [9.17, 15) is 5.11 Å². The second-order valence-electron chi connectivity index (χ2n) is 4.70. The molecule has 0 heterocycles. The minimum Gasteiger partial charge on any atom is -0.393 e. The number of aliphatic hydroxyl groups is 1. The molecule has 4 heteroatoms. The lowest BCUT2D eigenvalue weighted by atomic mass is 10.1. The van der Waals surface area contributed by atoms with Crippen LogP contribution in [0, 0.1) is 5.92 Å². The van der Waals surface area contributed by atoms with E-state index in [0.29, 0.717) is 5.92 Å². The third-order valence-electron chi connectivity index (χ3n) is 3.28. The summed E-state index contributed by atoms with van der Waals surface area (Å²) in [6.07, 6.45) is 2.95. The fraction of sp³-hybridized carbons (Fsp3) is 0.538. The first kappa shape index (κ1) is 13.3. The van der Waals surface area contributed by atoms with Gasteiger partial charge in [-0.1, -0.05) is 33.6 Å². The molecule has 94 valence electrons. The zero-order valence-corrected chi connectivity index (χ0v) is 12.0. The SMILES string of the molecule is OC1CCC(CNCc2ccc(Cl)cc2Br)C1. The molecule has 2 unspecified atom stereocenters. The third-order valence-corrected chi connectivity index (χ3v) is 4.25. The van der Waals surface area contributed by atoms with Gasteiger partial charge in [0.1, 0.15) is 0 Å². The van der Waals surface area contributed by atoms with Gasteiger partial charge in [-0.25, -0.2) is 0 Å². The summed E-state index contributed by atoms with van der Waals surface area (Å²) >= 11 is 9.40. The number of benzene rings is 1. The number of hydrogen-bond donors (Lipinski definition) is 2. The van der Waals surface area contributed by atoms with Crippen LogP contribution in [0.3, 0.4) is 0 Å². The van der Waals surface area contributed by atoms with Crippen molar-refractivity contribution in [2.75, 3.05) is 6.54 Å². The lowest BCUT2D eigenvalue weighted by Gasteiger charge is -2.11. The zero-order chi connectivity index (χ0) is 12.3. The summed E-state index contributed by atoms with van der Waals surface area (Å²) in [7, 11) is 0. The smallest absolute Gasteiger partial charge is 0.0543 e. The van der Waals surface area contributed by atoms with Gasteiger partial charge in [-0.15, -0.1) is 0 Å². The van der Waals surface area contributed by atoms with E-state index < -0.39 is 0 Å². The van der Waals surface area contributed by atoms with E-state index in [1.807, 2.05) is 18.2 Å². The highest BCUT2D eigenvalue weighted by Gasteiger charge is 2.21. The first-order valence-electron chi connectivity index (χ1n) is 5.98. The molecule has 0 saturated heterocycles. The van der Waals surface area contributed by atoms with E-state index in [0.717, 1.165) is 41.8 Å². The van der Waals surface area contributed by atoms with Gasteiger partial charge in [0, 0.05) is 16.0 Å². The summed E-state index contributed by atoms with van der Waals surface area (Å²) in [5.74, 6) is 0.621. The lowest BCUT2D eigenvalue weighted by Crippen LogP contribution is -2.21. The van der Waals surface area contributed by atoms with Crippen molar-refractivity contribution in [2.45, 2.75) is 31.9 Å². The van der Waals surface area contributed by atoms with Crippen LogP contribution in [0.2, 0.25) is 5.02 Å². The van der Waals surface area contributed by atoms with Crippen LogP contribution >= 0.6 is 27.5 Å². The summed E-state index contributed by atoms with van der Waals surface area (Å²) in [4.78, 5) is 0. The zero-order valence-electron chi connectivity index (χ0n) is 9.63. The Balaban J connectivity index is 1.78. The van der Waals surface area contributed by atoms with Crippen LogP contribution in [0.15, 0.2) is 22.7 Å². The molecule has 2 atom stereocenters. The van der Waals surface area contributed by atoms with Gasteiger partial charge in [-0.2, -0.15) is 0 Å². The average molecular weight is 319 g/mol. The lowest BCUT2D eigenvalue weighted by molar-refractivity contribution is 0.177. The molecule has 1 aliphatic carbocycles. The fourth-order valence-electron chi connectivity index (χ4n) is 2.31. The van der Waals surface area contributed by atoms with Gasteiger partial charge in [-0.3, -0.25) is 0 Å². The van der Waals surface area contributed by atoms with Gasteiger partial charge in [0.25, 0.3) is 0 Å². The van der Waals surface area contributed by atoms with E-state index in [2.05, 4.69) is 21.2 Å². The van der Waals surface area contributed by atoms with Crippen molar-refractivity contribution in [1.82, 2.24) is 5.32 Å². The Labute approximate surface area is 115 Å². The average Bonchev–Trinajstić information content (AvgIpc) is 2.68. The first-order valence-corrected chi connectivity index (χ1v) is 7.15. The van der Waals surface area contributed by atoms with Crippen molar-refractivity contribution < 1.29 is 5.11 Å². The van der Waals surface area contributed by atoms with Crippen molar-refractivity contribution in [3.05, 3.63) is 33.3 Å². The van der Waals surface area contributed by atoms with Gasteiger partial charge in [0.2, 0.25) is 0 Å². The van der Waals surface area contributed by atoms with Crippen molar-refractivity contribution >= 4 is 27.5 Å². The van der Waals surface area contributed by atoms with Crippen LogP contribution in [0.25, 0.3) is 0 Å². The predicted octanol–water partition coefficient (Wildman–Crippen LogP) is 3.35. The molecule has 1 aromatic carbocycles. The third kappa shape index (κ3) is 3.95. The number of hydrogen-bond acceptors (Lipinski definition) is 2. The van der Waals surface area contributed by atoms with Crippen LogP contribution in [0.4, 0.5) is 0 Å². The standard InChI is InChI=1S/C13H17BrClNO/c14-13-6-11(15)3-2-10(13)8-16-7-9-1-4-12(17)5-9/h2-3,6,9,12,16-17H,1,4-5,7-8H2. The predicted molar refractivity (Wildman–Crippen MR) is 74.2 cm³/mol. The van der Waals surface area contributed by atoms with E-state index in [1.165, 1.54) is 5.56 Å². The monoisotopic (exact) mass is 317 g/mol. The molecule has 0 aliphatic heterocycles. The highest BCUT2D eigenvalue weighted by atomic mass is 79.9.